The van der Waals surface area contributed by atoms with Crippen molar-refractivity contribution in [2.75, 3.05) is 18.8 Å². The standard InChI is InChI=1S/C14H20N8O3S/c1-2-22-12-9(19-14(22)11-13(16)21-25-20-11)7-17-8-10(12)26(23,24)18-6-4-3-5-15/h7-8,18H,2-6,15H2,1H3,(H2,16,21). The molecule has 0 aliphatic rings. The topological polar surface area (TPSA) is 168 Å². The summed E-state index contributed by atoms with van der Waals surface area (Å²) >= 11 is 0. The molecule has 3 aromatic heterocycles. The number of hydrogen-bond donors (Lipinski definition) is 3. The van der Waals surface area contributed by atoms with Crippen LogP contribution in [0.3, 0.4) is 0 Å². The fraction of sp³-hybridized carbons (Fsp3) is 0.429. The van der Waals surface area contributed by atoms with Crippen molar-refractivity contribution in [3.8, 4) is 11.5 Å². The summed E-state index contributed by atoms with van der Waals surface area (Å²) in [6.07, 6.45) is 4.18. The molecule has 0 unspecified atom stereocenters. The summed E-state index contributed by atoms with van der Waals surface area (Å²) in [4.78, 5) is 8.47. The van der Waals surface area contributed by atoms with Gasteiger partial charge in [-0.2, -0.15) is 0 Å². The van der Waals surface area contributed by atoms with Gasteiger partial charge in [0.2, 0.25) is 10.0 Å². The molecule has 0 aliphatic carbocycles. The second-order valence-electron chi connectivity index (χ2n) is 5.58. The van der Waals surface area contributed by atoms with Crippen LogP contribution in [0.2, 0.25) is 0 Å². The van der Waals surface area contributed by atoms with Crippen LogP contribution in [0.4, 0.5) is 5.82 Å². The van der Waals surface area contributed by atoms with Crippen LogP contribution in [0, 0.1) is 0 Å². The zero-order chi connectivity index (χ0) is 18.7. The Morgan fingerprint density at radius 2 is 2.08 bits per heavy atom. The molecule has 0 bridgehead atoms. The highest BCUT2D eigenvalue weighted by molar-refractivity contribution is 7.89. The Morgan fingerprint density at radius 1 is 1.27 bits per heavy atom. The molecule has 140 valence electrons. The molecule has 0 radical (unpaired) electrons. The van der Waals surface area contributed by atoms with Gasteiger partial charge < -0.3 is 16.0 Å². The summed E-state index contributed by atoms with van der Waals surface area (Å²) in [5.74, 6) is 0.445. The molecule has 3 heterocycles. The van der Waals surface area contributed by atoms with Crippen molar-refractivity contribution in [1.82, 2.24) is 29.6 Å². The predicted octanol–water partition coefficient (Wildman–Crippen LogP) is 0.101. The first kappa shape index (κ1) is 18.2. The van der Waals surface area contributed by atoms with Gasteiger partial charge in [0.1, 0.15) is 10.4 Å². The number of rotatable bonds is 8. The Morgan fingerprint density at radius 3 is 2.73 bits per heavy atom. The zero-order valence-electron chi connectivity index (χ0n) is 14.2. The maximum absolute atomic E-state index is 12.7. The van der Waals surface area contributed by atoms with Gasteiger partial charge in [-0.3, -0.25) is 4.98 Å². The van der Waals surface area contributed by atoms with Gasteiger partial charge >= 0.3 is 0 Å². The third-order valence-corrected chi connectivity index (χ3v) is 5.33. The van der Waals surface area contributed by atoms with E-state index in [1.54, 1.807) is 4.57 Å². The predicted molar refractivity (Wildman–Crippen MR) is 94.4 cm³/mol. The van der Waals surface area contributed by atoms with Gasteiger partial charge in [0.15, 0.2) is 17.3 Å². The van der Waals surface area contributed by atoms with Crippen LogP contribution in [-0.4, -0.2) is 46.4 Å². The molecule has 5 N–H and O–H groups in total. The molecule has 26 heavy (non-hydrogen) atoms. The molecule has 0 atom stereocenters. The third-order valence-electron chi connectivity index (χ3n) is 3.87. The van der Waals surface area contributed by atoms with E-state index < -0.39 is 10.0 Å². The van der Waals surface area contributed by atoms with Crippen molar-refractivity contribution in [3.63, 3.8) is 0 Å². The number of anilines is 1. The highest BCUT2D eigenvalue weighted by Crippen LogP contribution is 2.29. The zero-order valence-corrected chi connectivity index (χ0v) is 15.0. The number of nitrogens with zero attached hydrogens (tertiary/aromatic N) is 5. The van der Waals surface area contributed by atoms with Gasteiger partial charge in [-0.1, -0.05) is 0 Å². The molecule has 0 aromatic carbocycles. The van der Waals surface area contributed by atoms with E-state index in [1.165, 1.54) is 12.4 Å². The van der Waals surface area contributed by atoms with E-state index in [1.807, 2.05) is 6.92 Å². The molecular formula is C14H20N8O3S. The number of imidazole rings is 1. The first-order valence-corrected chi connectivity index (χ1v) is 9.60. The molecular weight excluding hydrogens is 360 g/mol. The van der Waals surface area contributed by atoms with Crippen LogP contribution in [0.15, 0.2) is 21.9 Å². The number of aromatic nitrogens is 5. The van der Waals surface area contributed by atoms with E-state index in [-0.39, 0.29) is 16.4 Å². The van der Waals surface area contributed by atoms with Crippen molar-refractivity contribution in [1.29, 1.82) is 0 Å². The Hall–Kier alpha value is -2.57. The number of nitrogens with two attached hydrogens (primary N) is 2. The van der Waals surface area contributed by atoms with Gasteiger partial charge in [-0.05, 0) is 36.6 Å². The Labute approximate surface area is 149 Å². The smallest absolute Gasteiger partial charge is 0.244 e. The van der Waals surface area contributed by atoms with Gasteiger partial charge in [-0.25, -0.2) is 22.8 Å². The van der Waals surface area contributed by atoms with E-state index in [9.17, 15) is 8.42 Å². The van der Waals surface area contributed by atoms with Crippen molar-refractivity contribution < 1.29 is 13.0 Å². The molecule has 0 saturated carbocycles. The average molecular weight is 380 g/mol. The van der Waals surface area contributed by atoms with E-state index >= 15 is 0 Å². The molecule has 0 saturated heterocycles. The number of unbranched alkanes of at least 4 members (excludes halogenated alkanes) is 1. The lowest BCUT2D eigenvalue weighted by Gasteiger charge is -2.10. The van der Waals surface area contributed by atoms with E-state index in [0.29, 0.717) is 42.9 Å². The quantitative estimate of drug-likeness (QED) is 0.459. The fourth-order valence-electron chi connectivity index (χ4n) is 2.65. The van der Waals surface area contributed by atoms with Crippen LogP contribution in [0.25, 0.3) is 22.6 Å². The van der Waals surface area contributed by atoms with Crippen LogP contribution < -0.4 is 16.2 Å². The lowest BCUT2D eigenvalue weighted by molar-refractivity contribution is 0.310. The SMILES string of the molecule is CCn1c(-c2nonc2N)nc2cncc(S(=O)(=O)NCCCCN)c21. The lowest BCUT2D eigenvalue weighted by atomic mass is 10.3. The Balaban J connectivity index is 2.10. The molecule has 0 fully saturated rings. The molecule has 12 heteroatoms. The highest BCUT2D eigenvalue weighted by Gasteiger charge is 2.25. The van der Waals surface area contributed by atoms with Crippen LogP contribution >= 0.6 is 0 Å². The second-order valence-corrected chi connectivity index (χ2v) is 7.31. The normalized spacial score (nSPS) is 12.1. The number of sulfonamides is 1. The van der Waals surface area contributed by atoms with Crippen LogP contribution in [0.5, 0.6) is 0 Å². The van der Waals surface area contributed by atoms with Crippen molar-refractivity contribution in [3.05, 3.63) is 12.4 Å². The summed E-state index contributed by atoms with van der Waals surface area (Å²) < 4.78 is 34.4. The maximum Gasteiger partial charge on any atom is 0.244 e. The maximum atomic E-state index is 12.7. The van der Waals surface area contributed by atoms with Crippen LogP contribution in [-0.2, 0) is 16.6 Å². The minimum atomic E-state index is -3.77. The lowest BCUT2D eigenvalue weighted by Crippen LogP contribution is -2.26. The minimum Gasteiger partial charge on any atom is -0.379 e. The van der Waals surface area contributed by atoms with Gasteiger partial charge in [0.05, 0.1) is 11.7 Å². The van der Waals surface area contributed by atoms with Crippen molar-refractivity contribution >= 4 is 26.9 Å². The summed E-state index contributed by atoms with van der Waals surface area (Å²) in [5, 5.41) is 7.31. The number of hydrogen-bond acceptors (Lipinski definition) is 9. The Bertz CT molecular complexity index is 1010. The number of nitrogen functional groups attached to an aromatic ring is 1. The minimum absolute atomic E-state index is 0.0402. The van der Waals surface area contributed by atoms with Crippen LogP contribution in [0.1, 0.15) is 19.8 Å². The summed E-state index contributed by atoms with van der Waals surface area (Å²) in [6.45, 7) is 3.11. The number of pyridine rings is 1. The molecule has 0 aliphatic heterocycles. The Kier molecular flexibility index (Phi) is 5.15. The third kappa shape index (κ3) is 3.25. The first-order valence-electron chi connectivity index (χ1n) is 8.12. The first-order chi connectivity index (χ1) is 12.5. The summed E-state index contributed by atoms with van der Waals surface area (Å²) in [6, 6.07) is 0. The van der Waals surface area contributed by atoms with E-state index in [4.69, 9.17) is 11.5 Å². The molecule has 0 spiro atoms. The molecule has 3 aromatic rings. The highest BCUT2D eigenvalue weighted by atomic mass is 32.2. The van der Waals surface area contributed by atoms with Crippen molar-refractivity contribution in [2.45, 2.75) is 31.2 Å². The molecule has 3 rings (SSSR count). The molecule has 0 amide bonds. The van der Waals surface area contributed by atoms with Crippen molar-refractivity contribution in [2.24, 2.45) is 5.73 Å². The fourth-order valence-corrected chi connectivity index (χ4v) is 3.88. The van der Waals surface area contributed by atoms with Gasteiger partial charge in [0, 0.05) is 19.3 Å². The van der Waals surface area contributed by atoms with E-state index in [2.05, 4.69) is 29.6 Å². The van der Waals surface area contributed by atoms with Gasteiger partial charge in [0.25, 0.3) is 0 Å². The number of nitrogens with one attached hydrogen (secondary N) is 1. The molecule has 11 nitrogen and oxygen atoms in total. The monoisotopic (exact) mass is 380 g/mol. The number of fused-ring (bicyclic) bond motifs is 1. The summed E-state index contributed by atoms with van der Waals surface area (Å²) in [7, 11) is -3.77. The number of aryl methyl sites for hydroxylation is 1. The van der Waals surface area contributed by atoms with E-state index in [0.717, 1.165) is 6.42 Å². The second kappa shape index (κ2) is 7.35. The average Bonchev–Trinajstić information content (AvgIpc) is 3.20. The van der Waals surface area contributed by atoms with Gasteiger partial charge in [-0.15, -0.1) is 0 Å². The summed E-state index contributed by atoms with van der Waals surface area (Å²) in [5.41, 5.74) is 12.3. The largest absolute Gasteiger partial charge is 0.379 e.